The van der Waals surface area contributed by atoms with Crippen LogP contribution in [0.2, 0.25) is 0 Å². The summed E-state index contributed by atoms with van der Waals surface area (Å²) in [6, 6.07) is 18.6. The lowest BCUT2D eigenvalue weighted by Gasteiger charge is -2.30. The summed E-state index contributed by atoms with van der Waals surface area (Å²) in [5.41, 5.74) is 7.70. The lowest BCUT2D eigenvalue weighted by Crippen LogP contribution is -2.34. The van der Waals surface area contributed by atoms with E-state index in [1.54, 1.807) is 19.1 Å². The molecule has 6 nitrogen and oxygen atoms in total. The Balaban J connectivity index is 1.96. The molecule has 2 aliphatic rings. The van der Waals surface area contributed by atoms with Gasteiger partial charge < -0.3 is 19.9 Å². The van der Waals surface area contributed by atoms with Gasteiger partial charge in [0.1, 0.15) is 23.3 Å². The second-order valence-electron chi connectivity index (χ2n) is 6.53. The minimum atomic E-state index is -1.46. The van der Waals surface area contributed by atoms with Crippen molar-refractivity contribution in [3.8, 4) is 6.07 Å². The number of esters is 1. The van der Waals surface area contributed by atoms with E-state index in [1.807, 2.05) is 42.5 Å². The molecular weight excluding hydrogens is 436 g/mol. The maximum absolute atomic E-state index is 13.0. The van der Waals surface area contributed by atoms with E-state index in [0.29, 0.717) is 16.9 Å². The number of rotatable bonds is 4. The number of nitriles is 1. The third kappa shape index (κ3) is 2.97. The summed E-state index contributed by atoms with van der Waals surface area (Å²) in [5, 5.41) is 9.77. The van der Waals surface area contributed by atoms with Gasteiger partial charge in [0, 0.05) is 15.6 Å². The molecule has 4 rings (SSSR count). The molecule has 0 spiro atoms. The molecule has 2 aromatic rings. The van der Waals surface area contributed by atoms with E-state index in [-0.39, 0.29) is 23.6 Å². The van der Waals surface area contributed by atoms with E-state index in [2.05, 4.69) is 22.0 Å². The number of hydrogen-bond donors (Lipinski definition) is 1. The Morgan fingerprint density at radius 3 is 2.52 bits per heavy atom. The third-order valence-electron chi connectivity index (χ3n) is 4.88. The molecular formula is C22H17BrN2O4. The normalized spacial score (nSPS) is 22.6. The smallest absolute Gasteiger partial charge is 0.338 e. The van der Waals surface area contributed by atoms with Gasteiger partial charge in [-0.15, -0.1) is 0 Å². The SMILES string of the molecule is CCOC(=O)C1=C(c2ccccc2)O[C@@]2(c3ccc(Br)cc3)OC(N)=C(C#N)[C@@H]12. The Morgan fingerprint density at radius 2 is 1.90 bits per heavy atom. The van der Waals surface area contributed by atoms with E-state index >= 15 is 0 Å². The highest BCUT2D eigenvalue weighted by Crippen LogP contribution is 2.57. The summed E-state index contributed by atoms with van der Waals surface area (Å²) in [4.78, 5) is 13.0. The van der Waals surface area contributed by atoms with Crippen molar-refractivity contribution in [1.29, 1.82) is 5.26 Å². The van der Waals surface area contributed by atoms with Crippen LogP contribution in [0.4, 0.5) is 0 Å². The molecule has 7 heteroatoms. The second kappa shape index (κ2) is 7.30. The number of hydrogen-bond acceptors (Lipinski definition) is 6. The summed E-state index contributed by atoms with van der Waals surface area (Å²) >= 11 is 3.41. The zero-order valence-corrected chi connectivity index (χ0v) is 17.1. The van der Waals surface area contributed by atoms with E-state index in [9.17, 15) is 10.1 Å². The van der Waals surface area contributed by atoms with Crippen LogP contribution in [-0.2, 0) is 24.8 Å². The van der Waals surface area contributed by atoms with Gasteiger partial charge in [-0.25, -0.2) is 4.79 Å². The molecule has 2 atom stereocenters. The quantitative estimate of drug-likeness (QED) is 0.705. The number of nitrogens with zero attached hydrogens (tertiary/aromatic N) is 1. The van der Waals surface area contributed by atoms with Gasteiger partial charge in [0.05, 0.1) is 12.2 Å². The monoisotopic (exact) mass is 452 g/mol. The van der Waals surface area contributed by atoms with Crippen LogP contribution in [0, 0.1) is 17.2 Å². The van der Waals surface area contributed by atoms with Crippen LogP contribution in [0.5, 0.6) is 0 Å². The summed E-state index contributed by atoms with van der Waals surface area (Å²) < 4.78 is 18.5. The van der Waals surface area contributed by atoms with Gasteiger partial charge >= 0.3 is 5.97 Å². The summed E-state index contributed by atoms with van der Waals surface area (Å²) in [7, 11) is 0. The van der Waals surface area contributed by atoms with Gasteiger partial charge in [0.2, 0.25) is 5.88 Å². The second-order valence-corrected chi connectivity index (χ2v) is 7.45. The predicted octanol–water partition coefficient (Wildman–Crippen LogP) is 3.95. The first-order valence-corrected chi connectivity index (χ1v) is 9.81. The van der Waals surface area contributed by atoms with Crippen molar-refractivity contribution < 1.29 is 19.0 Å². The Bertz CT molecular complexity index is 1070. The first-order valence-electron chi connectivity index (χ1n) is 9.02. The van der Waals surface area contributed by atoms with E-state index < -0.39 is 17.7 Å². The van der Waals surface area contributed by atoms with Gasteiger partial charge in [0.15, 0.2) is 0 Å². The van der Waals surface area contributed by atoms with Crippen molar-refractivity contribution in [2.24, 2.45) is 11.7 Å². The number of carbonyl (C=O) groups excluding carboxylic acids is 1. The van der Waals surface area contributed by atoms with Gasteiger partial charge in [-0.3, -0.25) is 0 Å². The predicted molar refractivity (Wildman–Crippen MR) is 108 cm³/mol. The standard InChI is InChI=1S/C22H17BrN2O4/c1-2-27-21(26)17-18-16(12-24)20(25)29-22(18,14-8-10-15(23)11-9-14)28-19(17)13-6-4-3-5-7-13/h3-11,18H,2,25H2,1H3/t18-,22-/m0/s1. The molecule has 0 amide bonds. The molecule has 0 bridgehead atoms. The van der Waals surface area contributed by atoms with Gasteiger partial charge in [-0.1, -0.05) is 58.4 Å². The number of halogens is 1. The van der Waals surface area contributed by atoms with Crippen molar-refractivity contribution in [1.82, 2.24) is 0 Å². The van der Waals surface area contributed by atoms with Crippen molar-refractivity contribution in [2.75, 3.05) is 6.61 Å². The van der Waals surface area contributed by atoms with E-state index in [4.69, 9.17) is 19.9 Å². The fraction of sp³-hybridized carbons (Fsp3) is 0.182. The highest BCUT2D eigenvalue weighted by atomic mass is 79.9. The molecule has 2 aliphatic heterocycles. The van der Waals surface area contributed by atoms with Gasteiger partial charge in [-0.05, 0) is 19.1 Å². The molecule has 29 heavy (non-hydrogen) atoms. The van der Waals surface area contributed by atoms with Crippen LogP contribution in [0.15, 0.2) is 76.1 Å². The average Bonchev–Trinajstić information content (AvgIpc) is 3.19. The van der Waals surface area contributed by atoms with Crippen LogP contribution in [-0.4, -0.2) is 12.6 Å². The Kier molecular flexibility index (Phi) is 4.81. The van der Waals surface area contributed by atoms with E-state index in [1.165, 1.54) is 0 Å². The van der Waals surface area contributed by atoms with Gasteiger partial charge in [0.25, 0.3) is 5.79 Å². The topological polar surface area (TPSA) is 94.6 Å². The summed E-state index contributed by atoms with van der Waals surface area (Å²) in [6.45, 7) is 1.91. The Labute approximate surface area is 176 Å². The zero-order chi connectivity index (χ0) is 20.6. The van der Waals surface area contributed by atoms with Crippen LogP contribution in [0.1, 0.15) is 18.1 Å². The van der Waals surface area contributed by atoms with Crippen molar-refractivity contribution in [3.05, 3.63) is 87.2 Å². The minimum absolute atomic E-state index is 0.0608. The lowest BCUT2D eigenvalue weighted by atomic mass is 9.83. The van der Waals surface area contributed by atoms with Crippen LogP contribution >= 0.6 is 15.9 Å². The summed E-state index contributed by atoms with van der Waals surface area (Å²) in [5.74, 6) is -2.61. The maximum Gasteiger partial charge on any atom is 0.338 e. The van der Waals surface area contributed by atoms with Crippen molar-refractivity contribution >= 4 is 27.7 Å². The van der Waals surface area contributed by atoms with Crippen LogP contribution < -0.4 is 5.73 Å². The maximum atomic E-state index is 13.0. The van der Waals surface area contributed by atoms with Crippen LogP contribution in [0.3, 0.4) is 0 Å². The fourth-order valence-electron chi connectivity index (χ4n) is 3.67. The molecule has 0 aliphatic carbocycles. The number of fused-ring (bicyclic) bond motifs is 1. The molecule has 0 fully saturated rings. The Morgan fingerprint density at radius 1 is 1.21 bits per heavy atom. The number of nitrogens with two attached hydrogens (primary N) is 1. The zero-order valence-electron chi connectivity index (χ0n) is 15.5. The lowest BCUT2D eigenvalue weighted by molar-refractivity contribution is -0.173. The fourth-order valence-corrected chi connectivity index (χ4v) is 3.94. The molecule has 0 aromatic heterocycles. The number of carbonyl (C=O) groups is 1. The van der Waals surface area contributed by atoms with Gasteiger partial charge in [-0.2, -0.15) is 5.26 Å². The molecule has 0 saturated heterocycles. The minimum Gasteiger partial charge on any atom is -0.463 e. The molecule has 2 aromatic carbocycles. The molecule has 2 heterocycles. The first kappa shape index (κ1) is 19.1. The number of ether oxygens (including phenoxy) is 3. The van der Waals surface area contributed by atoms with E-state index in [0.717, 1.165) is 4.47 Å². The largest absolute Gasteiger partial charge is 0.463 e. The molecule has 0 unspecified atom stereocenters. The molecule has 0 saturated carbocycles. The third-order valence-corrected chi connectivity index (χ3v) is 5.41. The van der Waals surface area contributed by atoms with Crippen molar-refractivity contribution in [2.45, 2.75) is 12.7 Å². The van der Waals surface area contributed by atoms with Crippen LogP contribution in [0.25, 0.3) is 5.76 Å². The Hall–Kier alpha value is -3.24. The highest BCUT2D eigenvalue weighted by molar-refractivity contribution is 9.10. The summed E-state index contributed by atoms with van der Waals surface area (Å²) in [6.07, 6.45) is 0. The number of benzene rings is 2. The molecule has 2 N–H and O–H groups in total. The highest BCUT2D eigenvalue weighted by Gasteiger charge is 2.62. The average molecular weight is 453 g/mol. The van der Waals surface area contributed by atoms with Crippen molar-refractivity contribution in [3.63, 3.8) is 0 Å². The molecule has 0 radical (unpaired) electrons. The molecule has 146 valence electrons. The first-order chi connectivity index (χ1) is 14.0.